The van der Waals surface area contributed by atoms with Crippen molar-refractivity contribution in [2.24, 2.45) is 11.8 Å². The van der Waals surface area contributed by atoms with Gasteiger partial charge < -0.3 is 5.32 Å². The second-order valence-corrected chi connectivity index (χ2v) is 6.11. The van der Waals surface area contributed by atoms with Gasteiger partial charge in [0.2, 0.25) is 0 Å². The Labute approximate surface area is 115 Å². The van der Waals surface area contributed by atoms with Gasteiger partial charge in [-0.1, -0.05) is 19.8 Å². The summed E-state index contributed by atoms with van der Waals surface area (Å²) in [6.07, 6.45) is 4.89. The van der Waals surface area contributed by atoms with Crippen molar-refractivity contribution >= 4 is 21.6 Å². The molecule has 0 saturated heterocycles. The van der Waals surface area contributed by atoms with E-state index in [1.807, 2.05) is 0 Å². The SMILES string of the molecule is CC1CCC(CNc2cc(Br)c(F)cc2F)CC1. The van der Waals surface area contributed by atoms with Crippen molar-refractivity contribution in [3.8, 4) is 0 Å². The molecule has 0 amide bonds. The molecule has 0 aromatic heterocycles. The van der Waals surface area contributed by atoms with E-state index in [1.54, 1.807) is 0 Å². The van der Waals surface area contributed by atoms with Crippen LogP contribution in [0, 0.1) is 23.5 Å². The Morgan fingerprint density at radius 3 is 2.50 bits per heavy atom. The molecule has 1 fully saturated rings. The molecule has 100 valence electrons. The number of halogens is 3. The zero-order chi connectivity index (χ0) is 13.1. The van der Waals surface area contributed by atoms with Gasteiger partial charge in [-0.25, -0.2) is 8.78 Å². The molecular formula is C14H18BrF2N. The molecule has 1 saturated carbocycles. The maximum Gasteiger partial charge on any atom is 0.149 e. The van der Waals surface area contributed by atoms with E-state index in [0.717, 1.165) is 18.5 Å². The number of anilines is 1. The summed E-state index contributed by atoms with van der Waals surface area (Å²) in [5.41, 5.74) is 0.377. The van der Waals surface area contributed by atoms with Crippen molar-refractivity contribution in [2.45, 2.75) is 32.6 Å². The molecule has 4 heteroatoms. The highest BCUT2D eigenvalue weighted by atomic mass is 79.9. The maximum atomic E-state index is 13.5. The first-order valence-corrected chi connectivity index (χ1v) is 7.24. The third-order valence-electron chi connectivity index (χ3n) is 3.73. The Hall–Kier alpha value is -0.640. The van der Waals surface area contributed by atoms with Crippen LogP contribution in [0.25, 0.3) is 0 Å². The Morgan fingerprint density at radius 2 is 1.83 bits per heavy atom. The van der Waals surface area contributed by atoms with Crippen LogP contribution in [0.15, 0.2) is 16.6 Å². The van der Waals surface area contributed by atoms with E-state index in [2.05, 4.69) is 28.2 Å². The zero-order valence-electron chi connectivity index (χ0n) is 10.5. The summed E-state index contributed by atoms with van der Waals surface area (Å²) < 4.78 is 26.9. The van der Waals surface area contributed by atoms with Crippen molar-refractivity contribution in [1.29, 1.82) is 0 Å². The minimum Gasteiger partial charge on any atom is -0.382 e. The van der Waals surface area contributed by atoms with Gasteiger partial charge in [-0.15, -0.1) is 0 Å². The van der Waals surface area contributed by atoms with E-state index < -0.39 is 11.6 Å². The topological polar surface area (TPSA) is 12.0 Å². The molecule has 1 aliphatic rings. The predicted molar refractivity (Wildman–Crippen MR) is 73.7 cm³/mol. The van der Waals surface area contributed by atoms with Gasteiger partial charge in [0.25, 0.3) is 0 Å². The van der Waals surface area contributed by atoms with Crippen LogP contribution in [0.2, 0.25) is 0 Å². The van der Waals surface area contributed by atoms with Gasteiger partial charge in [-0.05, 0) is 46.7 Å². The van der Waals surface area contributed by atoms with Gasteiger partial charge in [-0.3, -0.25) is 0 Å². The van der Waals surface area contributed by atoms with E-state index in [0.29, 0.717) is 16.1 Å². The minimum absolute atomic E-state index is 0.295. The fourth-order valence-corrected chi connectivity index (χ4v) is 2.79. The van der Waals surface area contributed by atoms with Gasteiger partial charge in [0.05, 0.1) is 10.2 Å². The number of nitrogens with one attached hydrogen (secondary N) is 1. The fourth-order valence-electron chi connectivity index (χ4n) is 2.45. The van der Waals surface area contributed by atoms with E-state index >= 15 is 0 Å². The van der Waals surface area contributed by atoms with Crippen LogP contribution in [-0.2, 0) is 0 Å². The summed E-state index contributed by atoms with van der Waals surface area (Å²) in [5.74, 6) is 0.326. The van der Waals surface area contributed by atoms with Crippen LogP contribution in [-0.4, -0.2) is 6.54 Å². The Bertz CT molecular complexity index is 415. The van der Waals surface area contributed by atoms with E-state index in [4.69, 9.17) is 0 Å². The third-order valence-corrected chi connectivity index (χ3v) is 4.33. The molecule has 2 rings (SSSR count). The normalized spacial score (nSPS) is 24.0. The van der Waals surface area contributed by atoms with Crippen LogP contribution >= 0.6 is 15.9 Å². The first-order chi connectivity index (χ1) is 8.56. The van der Waals surface area contributed by atoms with Crippen molar-refractivity contribution < 1.29 is 8.78 Å². The maximum absolute atomic E-state index is 13.5. The number of hydrogen-bond donors (Lipinski definition) is 1. The summed E-state index contributed by atoms with van der Waals surface area (Å²) in [6, 6.07) is 2.38. The summed E-state index contributed by atoms with van der Waals surface area (Å²) in [6.45, 7) is 3.04. The molecule has 1 aliphatic carbocycles. The summed E-state index contributed by atoms with van der Waals surface area (Å²) in [5, 5.41) is 3.09. The first-order valence-electron chi connectivity index (χ1n) is 6.44. The van der Waals surface area contributed by atoms with E-state index in [9.17, 15) is 8.78 Å². The number of rotatable bonds is 3. The van der Waals surface area contributed by atoms with Crippen LogP contribution in [0.4, 0.5) is 14.5 Å². The molecule has 0 radical (unpaired) electrons. The molecule has 1 N–H and O–H groups in total. The number of hydrogen-bond acceptors (Lipinski definition) is 1. The summed E-state index contributed by atoms with van der Waals surface area (Å²) in [7, 11) is 0. The molecule has 1 aromatic rings. The smallest absolute Gasteiger partial charge is 0.149 e. The van der Waals surface area contributed by atoms with Crippen LogP contribution in [0.1, 0.15) is 32.6 Å². The second kappa shape index (κ2) is 6.00. The molecule has 0 unspecified atom stereocenters. The van der Waals surface area contributed by atoms with E-state index in [1.165, 1.54) is 31.7 Å². The van der Waals surface area contributed by atoms with Crippen LogP contribution < -0.4 is 5.32 Å². The lowest BCUT2D eigenvalue weighted by molar-refractivity contribution is 0.300. The largest absolute Gasteiger partial charge is 0.382 e. The Kier molecular flexibility index (Phi) is 4.60. The van der Waals surface area contributed by atoms with Gasteiger partial charge in [0.1, 0.15) is 11.6 Å². The average molecular weight is 318 g/mol. The third kappa shape index (κ3) is 3.44. The number of benzene rings is 1. The molecule has 0 bridgehead atoms. The summed E-state index contributed by atoms with van der Waals surface area (Å²) in [4.78, 5) is 0. The van der Waals surface area contributed by atoms with Crippen molar-refractivity contribution in [3.05, 3.63) is 28.2 Å². The Balaban J connectivity index is 1.92. The lowest BCUT2D eigenvalue weighted by atomic mass is 9.83. The molecular weight excluding hydrogens is 300 g/mol. The first kappa shape index (κ1) is 13.8. The molecule has 0 spiro atoms. The van der Waals surface area contributed by atoms with E-state index in [-0.39, 0.29) is 0 Å². The molecule has 1 aromatic carbocycles. The van der Waals surface area contributed by atoms with Crippen LogP contribution in [0.5, 0.6) is 0 Å². The Morgan fingerprint density at radius 1 is 1.17 bits per heavy atom. The molecule has 0 aliphatic heterocycles. The molecule has 18 heavy (non-hydrogen) atoms. The molecule has 0 heterocycles. The highest BCUT2D eigenvalue weighted by Crippen LogP contribution is 2.29. The lowest BCUT2D eigenvalue weighted by Crippen LogP contribution is -2.20. The predicted octanol–water partition coefficient (Wildman–Crippen LogP) is 4.97. The van der Waals surface area contributed by atoms with Crippen molar-refractivity contribution in [1.82, 2.24) is 0 Å². The second-order valence-electron chi connectivity index (χ2n) is 5.25. The fraction of sp³-hybridized carbons (Fsp3) is 0.571. The quantitative estimate of drug-likeness (QED) is 0.776. The van der Waals surface area contributed by atoms with Gasteiger partial charge in [0, 0.05) is 12.6 Å². The average Bonchev–Trinajstić information content (AvgIpc) is 2.34. The standard InChI is InChI=1S/C14H18BrF2N/c1-9-2-4-10(5-3-9)8-18-14-6-11(15)12(16)7-13(14)17/h6-7,9-10,18H,2-5,8H2,1H3. The monoisotopic (exact) mass is 317 g/mol. The molecule has 0 atom stereocenters. The summed E-state index contributed by atoms with van der Waals surface area (Å²) >= 11 is 3.07. The van der Waals surface area contributed by atoms with Crippen molar-refractivity contribution in [2.75, 3.05) is 11.9 Å². The highest BCUT2D eigenvalue weighted by Gasteiger charge is 2.18. The minimum atomic E-state index is -0.565. The van der Waals surface area contributed by atoms with Crippen molar-refractivity contribution in [3.63, 3.8) is 0 Å². The zero-order valence-corrected chi connectivity index (χ0v) is 12.1. The lowest BCUT2D eigenvalue weighted by Gasteiger charge is -2.26. The molecule has 1 nitrogen and oxygen atoms in total. The van der Waals surface area contributed by atoms with Crippen LogP contribution in [0.3, 0.4) is 0 Å². The van der Waals surface area contributed by atoms with Gasteiger partial charge in [-0.2, -0.15) is 0 Å². The highest BCUT2D eigenvalue weighted by molar-refractivity contribution is 9.10. The van der Waals surface area contributed by atoms with Gasteiger partial charge >= 0.3 is 0 Å². The van der Waals surface area contributed by atoms with Gasteiger partial charge in [0.15, 0.2) is 0 Å².